The third kappa shape index (κ3) is 8.20. The maximum absolute atomic E-state index is 9.17. The first-order chi connectivity index (χ1) is 6.85. The molecule has 0 aromatic heterocycles. The number of likely N-dealkylation sites (tertiary alicyclic amines) is 1. The molecule has 1 aliphatic heterocycles. The van der Waals surface area contributed by atoms with Gasteiger partial charge in [0.25, 0.3) is 0 Å². The van der Waals surface area contributed by atoms with Crippen molar-refractivity contribution in [1.82, 2.24) is 10.2 Å². The number of carbonyl (C=O) groups is 1. The standard InChI is InChI=1S/C8H18N2.C3H6O/c1-9-5-8-10-6-3-2-4-7-10;1-2-3-4/h9H,2-8H2,1H3;3H,2H2,1H3. The van der Waals surface area contributed by atoms with Gasteiger partial charge in [0.15, 0.2) is 0 Å². The van der Waals surface area contributed by atoms with Crippen molar-refractivity contribution in [2.45, 2.75) is 32.6 Å². The third-order valence-electron chi connectivity index (χ3n) is 2.29. The second-order valence-electron chi connectivity index (χ2n) is 3.58. The average molecular weight is 200 g/mol. The molecule has 0 radical (unpaired) electrons. The normalized spacial score (nSPS) is 17.0. The van der Waals surface area contributed by atoms with Gasteiger partial charge in [0.1, 0.15) is 6.29 Å². The van der Waals surface area contributed by atoms with Crippen molar-refractivity contribution in [3.8, 4) is 0 Å². The zero-order chi connectivity index (χ0) is 10.6. The minimum Gasteiger partial charge on any atom is -0.318 e. The number of nitrogens with one attached hydrogen (secondary N) is 1. The monoisotopic (exact) mass is 200 g/mol. The number of carbonyl (C=O) groups excluding carboxylic acids is 1. The average Bonchev–Trinajstić information content (AvgIpc) is 2.28. The van der Waals surface area contributed by atoms with Gasteiger partial charge in [-0.2, -0.15) is 0 Å². The summed E-state index contributed by atoms with van der Waals surface area (Å²) in [5, 5.41) is 3.17. The van der Waals surface area contributed by atoms with Gasteiger partial charge in [-0.1, -0.05) is 13.3 Å². The van der Waals surface area contributed by atoms with Crippen LogP contribution in [0.5, 0.6) is 0 Å². The van der Waals surface area contributed by atoms with Crippen molar-refractivity contribution in [1.29, 1.82) is 0 Å². The van der Waals surface area contributed by atoms with Crippen LogP contribution < -0.4 is 5.32 Å². The van der Waals surface area contributed by atoms with E-state index in [0.717, 1.165) is 12.8 Å². The Morgan fingerprint density at radius 1 is 1.29 bits per heavy atom. The predicted molar refractivity (Wildman–Crippen MR) is 60.6 cm³/mol. The zero-order valence-corrected chi connectivity index (χ0v) is 9.59. The van der Waals surface area contributed by atoms with Crippen LogP contribution in [0.2, 0.25) is 0 Å². The molecule has 0 aromatic rings. The fraction of sp³-hybridized carbons (Fsp3) is 0.909. The van der Waals surface area contributed by atoms with Crippen LogP contribution in [0.15, 0.2) is 0 Å². The summed E-state index contributed by atoms with van der Waals surface area (Å²) in [6.45, 7) is 6.83. The first kappa shape index (κ1) is 13.6. The molecule has 1 heterocycles. The fourth-order valence-corrected chi connectivity index (χ4v) is 1.45. The molecule has 0 amide bonds. The largest absolute Gasteiger partial charge is 0.318 e. The summed E-state index contributed by atoms with van der Waals surface area (Å²) in [5.41, 5.74) is 0. The Morgan fingerprint density at radius 2 is 1.86 bits per heavy atom. The number of aldehydes is 1. The van der Waals surface area contributed by atoms with Gasteiger partial charge in [0.2, 0.25) is 0 Å². The van der Waals surface area contributed by atoms with E-state index in [0.29, 0.717) is 6.42 Å². The van der Waals surface area contributed by atoms with Crippen molar-refractivity contribution in [2.24, 2.45) is 0 Å². The van der Waals surface area contributed by atoms with Crippen LogP contribution in [0.4, 0.5) is 0 Å². The van der Waals surface area contributed by atoms with Crippen molar-refractivity contribution in [3.05, 3.63) is 0 Å². The van der Waals surface area contributed by atoms with Crippen molar-refractivity contribution in [2.75, 3.05) is 33.2 Å². The van der Waals surface area contributed by atoms with Crippen LogP contribution in [-0.2, 0) is 4.79 Å². The number of rotatable bonds is 4. The van der Waals surface area contributed by atoms with E-state index in [2.05, 4.69) is 10.2 Å². The van der Waals surface area contributed by atoms with Crippen LogP contribution in [0.1, 0.15) is 32.6 Å². The molecule has 1 N–H and O–H groups in total. The minimum absolute atomic E-state index is 0.639. The van der Waals surface area contributed by atoms with E-state index >= 15 is 0 Å². The lowest BCUT2D eigenvalue weighted by atomic mass is 10.1. The molecule has 1 aliphatic rings. The lowest BCUT2D eigenvalue weighted by molar-refractivity contribution is -0.107. The Labute approximate surface area is 87.9 Å². The molecule has 0 aliphatic carbocycles. The predicted octanol–water partition coefficient (Wildman–Crippen LogP) is 1.29. The molecule has 0 unspecified atom stereocenters. The van der Waals surface area contributed by atoms with Gasteiger partial charge < -0.3 is 15.0 Å². The number of nitrogens with zero attached hydrogens (tertiary/aromatic N) is 1. The van der Waals surface area contributed by atoms with E-state index in [1.165, 1.54) is 38.9 Å². The van der Waals surface area contributed by atoms with E-state index in [1.54, 1.807) is 0 Å². The quantitative estimate of drug-likeness (QED) is 0.694. The Morgan fingerprint density at radius 3 is 2.29 bits per heavy atom. The molecule has 0 spiro atoms. The summed E-state index contributed by atoms with van der Waals surface area (Å²) in [6, 6.07) is 0. The smallest absolute Gasteiger partial charge is 0.119 e. The molecule has 3 heteroatoms. The van der Waals surface area contributed by atoms with Gasteiger partial charge in [0, 0.05) is 19.5 Å². The van der Waals surface area contributed by atoms with Gasteiger partial charge in [-0.15, -0.1) is 0 Å². The second-order valence-corrected chi connectivity index (χ2v) is 3.58. The van der Waals surface area contributed by atoms with Crippen LogP contribution in [-0.4, -0.2) is 44.4 Å². The number of likely N-dealkylation sites (N-methyl/N-ethyl adjacent to an activating group) is 1. The molecule has 1 rings (SSSR count). The summed E-state index contributed by atoms with van der Waals surface area (Å²) in [7, 11) is 2.02. The summed E-state index contributed by atoms with van der Waals surface area (Å²) in [6.07, 6.45) is 5.77. The van der Waals surface area contributed by atoms with Crippen LogP contribution in [0.25, 0.3) is 0 Å². The van der Waals surface area contributed by atoms with Crippen LogP contribution in [0, 0.1) is 0 Å². The lowest BCUT2D eigenvalue weighted by Crippen LogP contribution is -2.34. The van der Waals surface area contributed by atoms with Gasteiger partial charge >= 0.3 is 0 Å². The van der Waals surface area contributed by atoms with Gasteiger partial charge in [0.05, 0.1) is 0 Å². The maximum atomic E-state index is 9.17. The summed E-state index contributed by atoms with van der Waals surface area (Å²) >= 11 is 0. The first-order valence-electron chi connectivity index (χ1n) is 5.65. The van der Waals surface area contributed by atoms with Crippen molar-refractivity contribution >= 4 is 6.29 Å². The maximum Gasteiger partial charge on any atom is 0.119 e. The second kappa shape index (κ2) is 10.7. The van der Waals surface area contributed by atoms with Crippen molar-refractivity contribution in [3.63, 3.8) is 0 Å². The number of piperidine rings is 1. The SMILES string of the molecule is CCC=O.CNCCN1CCCCC1. The summed E-state index contributed by atoms with van der Waals surface area (Å²) in [4.78, 5) is 11.7. The van der Waals surface area contributed by atoms with E-state index in [9.17, 15) is 4.79 Å². The molecule has 1 saturated heterocycles. The van der Waals surface area contributed by atoms with Crippen molar-refractivity contribution < 1.29 is 4.79 Å². The first-order valence-corrected chi connectivity index (χ1v) is 5.65. The van der Waals surface area contributed by atoms with Gasteiger partial charge in [-0.05, 0) is 33.0 Å². The molecule has 0 atom stereocenters. The van der Waals surface area contributed by atoms with E-state index in [-0.39, 0.29) is 0 Å². The van der Waals surface area contributed by atoms with E-state index < -0.39 is 0 Å². The molecular weight excluding hydrogens is 176 g/mol. The Kier molecular flexibility index (Phi) is 10.4. The van der Waals surface area contributed by atoms with Crippen LogP contribution in [0.3, 0.4) is 0 Å². The fourth-order valence-electron chi connectivity index (χ4n) is 1.45. The van der Waals surface area contributed by atoms with E-state index in [4.69, 9.17) is 0 Å². The molecule has 14 heavy (non-hydrogen) atoms. The number of hydrogen-bond acceptors (Lipinski definition) is 3. The minimum atomic E-state index is 0.639. The zero-order valence-electron chi connectivity index (χ0n) is 9.59. The summed E-state index contributed by atoms with van der Waals surface area (Å²) in [5.74, 6) is 0. The molecule has 0 saturated carbocycles. The number of hydrogen-bond donors (Lipinski definition) is 1. The Balaban J connectivity index is 0.000000364. The molecule has 0 aromatic carbocycles. The molecule has 0 bridgehead atoms. The molecule has 3 nitrogen and oxygen atoms in total. The highest BCUT2D eigenvalue weighted by Gasteiger charge is 2.07. The Bertz CT molecular complexity index is 122. The van der Waals surface area contributed by atoms with Gasteiger partial charge in [-0.25, -0.2) is 0 Å². The molecule has 84 valence electrons. The lowest BCUT2D eigenvalue weighted by Gasteiger charge is -2.25. The molecule has 1 fully saturated rings. The summed E-state index contributed by atoms with van der Waals surface area (Å²) < 4.78 is 0. The molecular formula is C11H24N2O. The van der Waals surface area contributed by atoms with Crippen LogP contribution >= 0.6 is 0 Å². The highest BCUT2D eigenvalue weighted by atomic mass is 16.1. The Hall–Kier alpha value is -0.410. The highest BCUT2D eigenvalue weighted by molar-refractivity contribution is 5.48. The van der Waals surface area contributed by atoms with E-state index in [1.807, 2.05) is 14.0 Å². The van der Waals surface area contributed by atoms with Gasteiger partial charge in [-0.3, -0.25) is 0 Å². The third-order valence-corrected chi connectivity index (χ3v) is 2.29. The topological polar surface area (TPSA) is 32.3 Å². The highest BCUT2D eigenvalue weighted by Crippen LogP contribution is 2.06.